The van der Waals surface area contributed by atoms with Gasteiger partial charge in [-0.05, 0) is 31.6 Å². The second-order valence-electron chi connectivity index (χ2n) is 6.08. The van der Waals surface area contributed by atoms with Gasteiger partial charge in [-0.3, -0.25) is 4.79 Å². The number of carbonyl (C=O) groups is 1. The fraction of sp³-hybridized carbons (Fsp3) is 0.933. The lowest BCUT2D eigenvalue weighted by molar-refractivity contribution is -0.125. The van der Waals surface area contributed by atoms with Gasteiger partial charge in [-0.15, -0.1) is 0 Å². The van der Waals surface area contributed by atoms with Gasteiger partial charge in [0.2, 0.25) is 5.91 Å². The van der Waals surface area contributed by atoms with Gasteiger partial charge in [0.05, 0.1) is 0 Å². The second kappa shape index (κ2) is 7.85. The molecule has 1 saturated heterocycles. The van der Waals surface area contributed by atoms with E-state index >= 15 is 0 Å². The number of amides is 1. The topological polar surface area (TPSA) is 41.6 Å². The Morgan fingerprint density at radius 1 is 1.16 bits per heavy atom. The Labute approximate surface area is 116 Å². The summed E-state index contributed by atoms with van der Waals surface area (Å²) >= 11 is 0. The summed E-state index contributed by atoms with van der Waals surface area (Å²) in [7, 11) is 1.56. The Morgan fingerprint density at radius 2 is 1.84 bits per heavy atom. The number of nitrogens with one attached hydrogen (secondary N) is 1. The Bertz CT molecular complexity index is 269. The Morgan fingerprint density at radius 3 is 2.47 bits per heavy atom. The number of methoxy groups -OCH3 is 1. The molecule has 2 fully saturated rings. The minimum Gasteiger partial charge on any atom is -0.375 e. The number of hydrogen-bond donors (Lipinski definition) is 1. The molecule has 0 aromatic carbocycles. The van der Waals surface area contributed by atoms with E-state index in [0.717, 1.165) is 31.8 Å². The van der Waals surface area contributed by atoms with Crippen LogP contribution in [-0.4, -0.2) is 50.2 Å². The van der Waals surface area contributed by atoms with Crippen LogP contribution in [-0.2, 0) is 9.53 Å². The summed E-state index contributed by atoms with van der Waals surface area (Å²) in [6, 6.07) is 0.352. The summed E-state index contributed by atoms with van der Waals surface area (Å²) in [6.07, 6.45) is 9.30. The maximum Gasteiger partial charge on any atom is 0.246 e. The van der Waals surface area contributed by atoms with Crippen LogP contribution in [0, 0.1) is 5.92 Å². The average Bonchev–Trinajstić information content (AvgIpc) is 2.42. The van der Waals surface area contributed by atoms with Gasteiger partial charge in [-0.2, -0.15) is 0 Å². The van der Waals surface area contributed by atoms with Crippen molar-refractivity contribution in [2.75, 3.05) is 33.4 Å². The molecule has 0 unspecified atom stereocenters. The van der Waals surface area contributed by atoms with Crippen molar-refractivity contribution >= 4 is 5.91 Å². The quantitative estimate of drug-likeness (QED) is 0.826. The lowest BCUT2D eigenvalue weighted by atomic mass is 9.88. The van der Waals surface area contributed by atoms with Crippen molar-refractivity contribution in [1.82, 2.24) is 10.2 Å². The van der Waals surface area contributed by atoms with Crippen LogP contribution >= 0.6 is 0 Å². The maximum absolute atomic E-state index is 11.5. The molecule has 1 N–H and O–H groups in total. The molecule has 0 spiro atoms. The number of likely N-dealkylation sites (tertiary alicyclic amines) is 1. The highest BCUT2D eigenvalue weighted by atomic mass is 16.5. The first-order valence-corrected chi connectivity index (χ1v) is 7.78. The number of hydrogen-bond acceptors (Lipinski definition) is 3. The van der Waals surface area contributed by atoms with E-state index in [-0.39, 0.29) is 12.5 Å². The number of carbonyl (C=O) groups excluding carboxylic acids is 1. The molecule has 1 aliphatic heterocycles. The van der Waals surface area contributed by atoms with E-state index in [4.69, 9.17) is 4.74 Å². The Kier molecular flexibility index (Phi) is 6.11. The van der Waals surface area contributed by atoms with Crippen molar-refractivity contribution in [3.8, 4) is 0 Å². The Hall–Kier alpha value is -0.610. The molecule has 1 heterocycles. The SMILES string of the molecule is COCC(=O)NC1CCN(CC2CCCCC2)CC1. The molecular weight excluding hydrogens is 240 g/mol. The molecule has 4 nitrogen and oxygen atoms in total. The largest absolute Gasteiger partial charge is 0.375 e. The predicted octanol–water partition coefficient (Wildman–Crippen LogP) is 1.79. The van der Waals surface area contributed by atoms with Crippen LogP contribution in [0.1, 0.15) is 44.9 Å². The molecule has 0 bridgehead atoms. The lowest BCUT2D eigenvalue weighted by Gasteiger charge is -2.35. The highest BCUT2D eigenvalue weighted by Gasteiger charge is 2.23. The summed E-state index contributed by atoms with van der Waals surface area (Å²) in [5.74, 6) is 0.946. The third kappa shape index (κ3) is 5.11. The van der Waals surface area contributed by atoms with E-state index in [1.54, 1.807) is 7.11 Å². The zero-order valence-corrected chi connectivity index (χ0v) is 12.2. The van der Waals surface area contributed by atoms with E-state index in [1.165, 1.54) is 38.6 Å². The van der Waals surface area contributed by atoms with Crippen molar-refractivity contribution in [2.24, 2.45) is 5.92 Å². The van der Waals surface area contributed by atoms with Crippen LogP contribution in [0.5, 0.6) is 0 Å². The molecule has 19 heavy (non-hydrogen) atoms. The van der Waals surface area contributed by atoms with E-state index in [1.807, 2.05) is 0 Å². The van der Waals surface area contributed by atoms with E-state index in [9.17, 15) is 4.79 Å². The minimum atomic E-state index is 0.0215. The number of piperidine rings is 1. The first-order valence-electron chi connectivity index (χ1n) is 7.78. The number of nitrogens with zero attached hydrogens (tertiary/aromatic N) is 1. The van der Waals surface area contributed by atoms with Crippen molar-refractivity contribution in [2.45, 2.75) is 51.0 Å². The first kappa shape index (κ1) is 14.8. The fourth-order valence-electron chi connectivity index (χ4n) is 3.40. The molecule has 2 aliphatic rings. The normalized spacial score (nSPS) is 23.4. The number of rotatable bonds is 5. The fourth-order valence-corrected chi connectivity index (χ4v) is 3.40. The summed E-state index contributed by atoms with van der Waals surface area (Å²) in [4.78, 5) is 14.1. The lowest BCUT2D eigenvalue weighted by Crippen LogP contribution is -2.46. The third-order valence-corrected chi connectivity index (χ3v) is 4.47. The molecular formula is C15H28N2O2. The van der Waals surface area contributed by atoms with Crippen molar-refractivity contribution in [3.05, 3.63) is 0 Å². The van der Waals surface area contributed by atoms with Gasteiger partial charge in [-0.1, -0.05) is 19.3 Å². The maximum atomic E-state index is 11.5. The third-order valence-electron chi connectivity index (χ3n) is 4.47. The van der Waals surface area contributed by atoms with E-state index < -0.39 is 0 Å². The van der Waals surface area contributed by atoms with Crippen molar-refractivity contribution in [1.29, 1.82) is 0 Å². The summed E-state index contributed by atoms with van der Waals surface area (Å²) < 4.78 is 4.84. The van der Waals surface area contributed by atoms with Gasteiger partial charge >= 0.3 is 0 Å². The monoisotopic (exact) mass is 268 g/mol. The van der Waals surface area contributed by atoms with Crippen LogP contribution in [0.15, 0.2) is 0 Å². The van der Waals surface area contributed by atoms with Crippen LogP contribution in [0.2, 0.25) is 0 Å². The van der Waals surface area contributed by atoms with Crippen LogP contribution in [0.4, 0.5) is 0 Å². The highest BCUT2D eigenvalue weighted by Crippen LogP contribution is 2.25. The molecule has 4 heteroatoms. The summed E-state index contributed by atoms with van der Waals surface area (Å²) in [6.45, 7) is 3.73. The average molecular weight is 268 g/mol. The molecule has 0 aromatic rings. The van der Waals surface area contributed by atoms with E-state index in [0.29, 0.717) is 6.04 Å². The van der Waals surface area contributed by atoms with Crippen molar-refractivity contribution in [3.63, 3.8) is 0 Å². The van der Waals surface area contributed by atoms with Gasteiger partial charge in [0.15, 0.2) is 0 Å². The zero-order valence-electron chi connectivity index (χ0n) is 12.2. The molecule has 0 aromatic heterocycles. The van der Waals surface area contributed by atoms with Gasteiger partial charge in [0.1, 0.15) is 6.61 Å². The van der Waals surface area contributed by atoms with Gasteiger partial charge in [0.25, 0.3) is 0 Å². The summed E-state index contributed by atoms with van der Waals surface area (Å²) in [5, 5.41) is 3.05. The molecule has 1 saturated carbocycles. The molecule has 0 atom stereocenters. The van der Waals surface area contributed by atoms with Gasteiger partial charge in [-0.25, -0.2) is 0 Å². The van der Waals surface area contributed by atoms with Crippen LogP contribution < -0.4 is 5.32 Å². The van der Waals surface area contributed by atoms with Gasteiger partial charge in [0, 0.05) is 32.8 Å². The molecule has 1 amide bonds. The molecule has 2 rings (SSSR count). The standard InChI is InChI=1S/C15H28N2O2/c1-19-12-15(18)16-14-7-9-17(10-8-14)11-13-5-3-2-4-6-13/h13-14H,2-12H2,1H3,(H,16,18). The second-order valence-corrected chi connectivity index (χ2v) is 6.08. The Balaban J connectivity index is 1.63. The van der Waals surface area contributed by atoms with Crippen LogP contribution in [0.25, 0.3) is 0 Å². The number of ether oxygens (including phenoxy) is 1. The molecule has 1 aliphatic carbocycles. The highest BCUT2D eigenvalue weighted by molar-refractivity contribution is 5.77. The van der Waals surface area contributed by atoms with Crippen LogP contribution in [0.3, 0.4) is 0 Å². The predicted molar refractivity (Wildman–Crippen MR) is 76.1 cm³/mol. The summed E-state index contributed by atoms with van der Waals surface area (Å²) in [5.41, 5.74) is 0. The first-order chi connectivity index (χ1) is 9.28. The minimum absolute atomic E-state index is 0.0215. The van der Waals surface area contributed by atoms with Crippen molar-refractivity contribution < 1.29 is 9.53 Å². The van der Waals surface area contributed by atoms with Gasteiger partial charge < -0.3 is 15.0 Å². The zero-order chi connectivity index (χ0) is 13.5. The smallest absolute Gasteiger partial charge is 0.246 e. The molecule has 0 radical (unpaired) electrons. The van der Waals surface area contributed by atoms with E-state index in [2.05, 4.69) is 10.2 Å². The molecule has 110 valence electrons.